The lowest BCUT2D eigenvalue weighted by Gasteiger charge is -2.17. The molecule has 2 rings (SSSR count). The Labute approximate surface area is 114 Å². The van der Waals surface area contributed by atoms with E-state index in [1.165, 1.54) is 12.8 Å². The molecule has 4 heteroatoms. The number of nitrogens with two attached hydrogens (primary N) is 1. The average Bonchev–Trinajstić information content (AvgIpc) is 3.18. The van der Waals surface area contributed by atoms with E-state index in [-0.39, 0.29) is 0 Å². The Morgan fingerprint density at radius 2 is 2.26 bits per heavy atom. The zero-order valence-electron chi connectivity index (χ0n) is 11.4. The molecule has 0 saturated heterocycles. The molecule has 1 saturated carbocycles. The molecule has 0 atom stereocenters. The van der Waals surface area contributed by atoms with E-state index in [0.29, 0.717) is 17.5 Å². The maximum atomic E-state index is 8.76. The molecule has 102 valence electrons. The Kier molecular flexibility index (Phi) is 4.28. The van der Waals surface area contributed by atoms with Crippen LogP contribution in [0, 0.1) is 16.7 Å². The zero-order chi connectivity index (χ0) is 13.7. The molecule has 19 heavy (non-hydrogen) atoms. The van der Waals surface area contributed by atoms with E-state index in [0.717, 1.165) is 30.8 Å². The summed E-state index contributed by atoms with van der Waals surface area (Å²) in [6.07, 6.45) is 4.00. The zero-order valence-corrected chi connectivity index (χ0v) is 11.4. The molecule has 3 N–H and O–H groups in total. The van der Waals surface area contributed by atoms with Crippen molar-refractivity contribution in [3.8, 4) is 6.07 Å². The van der Waals surface area contributed by atoms with E-state index in [4.69, 9.17) is 15.7 Å². The van der Waals surface area contributed by atoms with Crippen molar-refractivity contribution in [1.29, 1.82) is 5.26 Å². The summed E-state index contributed by atoms with van der Waals surface area (Å²) in [4.78, 5) is 0. The van der Waals surface area contributed by atoms with Crippen molar-refractivity contribution in [2.45, 2.75) is 25.7 Å². The number of methoxy groups -OCH3 is 1. The molecule has 1 aliphatic carbocycles. The standard InChI is InChI=1S/C15H21N3O/c1-19-9-7-15(5-6-15)11-18-13-2-3-14(17)12(10-13)4-8-16/h2-3,10,18H,4-7,9,11,17H2,1H3. The number of anilines is 2. The number of nitrogens with zero attached hydrogens (tertiary/aromatic N) is 1. The molecule has 1 aliphatic rings. The summed E-state index contributed by atoms with van der Waals surface area (Å²) in [5.74, 6) is 0. The molecule has 0 aromatic heterocycles. The van der Waals surface area contributed by atoms with Crippen LogP contribution in [0.4, 0.5) is 11.4 Å². The van der Waals surface area contributed by atoms with E-state index >= 15 is 0 Å². The molecule has 1 fully saturated rings. The van der Waals surface area contributed by atoms with Crippen LogP contribution in [0.15, 0.2) is 18.2 Å². The largest absolute Gasteiger partial charge is 0.398 e. The van der Waals surface area contributed by atoms with E-state index < -0.39 is 0 Å². The highest BCUT2D eigenvalue weighted by atomic mass is 16.5. The molecule has 0 spiro atoms. The molecule has 0 bridgehead atoms. The van der Waals surface area contributed by atoms with Crippen LogP contribution in [-0.2, 0) is 11.2 Å². The Hall–Kier alpha value is -1.73. The SMILES string of the molecule is COCCC1(CNc2ccc(N)c(CC#N)c2)CC1. The van der Waals surface area contributed by atoms with Crippen LogP contribution in [0.1, 0.15) is 24.8 Å². The van der Waals surface area contributed by atoms with Gasteiger partial charge in [-0.05, 0) is 48.4 Å². The number of nitrogen functional groups attached to an aromatic ring is 1. The highest BCUT2D eigenvalue weighted by Crippen LogP contribution is 2.48. The van der Waals surface area contributed by atoms with E-state index in [1.54, 1.807) is 7.11 Å². The van der Waals surface area contributed by atoms with Crippen molar-refractivity contribution in [2.75, 3.05) is 31.3 Å². The molecule has 0 radical (unpaired) electrons. The molecule has 4 nitrogen and oxygen atoms in total. The average molecular weight is 259 g/mol. The molecule has 1 aromatic carbocycles. The summed E-state index contributed by atoms with van der Waals surface area (Å²) in [6, 6.07) is 7.96. The highest BCUT2D eigenvalue weighted by Gasteiger charge is 2.41. The van der Waals surface area contributed by atoms with Gasteiger partial charge in [0.2, 0.25) is 0 Å². The van der Waals surface area contributed by atoms with Crippen LogP contribution in [0.5, 0.6) is 0 Å². The second-order valence-electron chi connectivity index (χ2n) is 5.34. The third-order valence-corrected chi connectivity index (χ3v) is 3.87. The van der Waals surface area contributed by atoms with Crippen molar-refractivity contribution in [3.05, 3.63) is 23.8 Å². The van der Waals surface area contributed by atoms with Gasteiger partial charge >= 0.3 is 0 Å². The van der Waals surface area contributed by atoms with Gasteiger partial charge < -0.3 is 15.8 Å². The lowest BCUT2D eigenvalue weighted by atomic mass is 10.0. The smallest absolute Gasteiger partial charge is 0.0670 e. The quantitative estimate of drug-likeness (QED) is 0.738. The maximum absolute atomic E-state index is 8.76. The number of benzene rings is 1. The van der Waals surface area contributed by atoms with Crippen molar-refractivity contribution in [2.24, 2.45) is 5.41 Å². The first-order chi connectivity index (χ1) is 9.19. The first kappa shape index (κ1) is 13.7. The van der Waals surface area contributed by atoms with Gasteiger partial charge in [-0.15, -0.1) is 0 Å². The molecule has 1 aromatic rings. The fourth-order valence-corrected chi connectivity index (χ4v) is 2.25. The minimum atomic E-state index is 0.357. The lowest BCUT2D eigenvalue weighted by Crippen LogP contribution is -2.17. The van der Waals surface area contributed by atoms with Gasteiger partial charge in [0.25, 0.3) is 0 Å². The minimum Gasteiger partial charge on any atom is -0.398 e. The second kappa shape index (κ2) is 5.94. The minimum absolute atomic E-state index is 0.357. The van der Waals surface area contributed by atoms with Gasteiger partial charge in [-0.3, -0.25) is 0 Å². The van der Waals surface area contributed by atoms with Crippen LogP contribution < -0.4 is 11.1 Å². The Morgan fingerprint density at radius 1 is 1.47 bits per heavy atom. The maximum Gasteiger partial charge on any atom is 0.0670 e. The number of hydrogen-bond donors (Lipinski definition) is 2. The third-order valence-electron chi connectivity index (χ3n) is 3.87. The van der Waals surface area contributed by atoms with Crippen LogP contribution >= 0.6 is 0 Å². The lowest BCUT2D eigenvalue weighted by molar-refractivity contribution is 0.175. The first-order valence-corrected chi connectivity index (χ1v) is 6.67. The number of nitrogens with one attached hydrogen (secondary N) is 1. The summed E-state index contributed by atoms with van der Waals surface area (Å²) in [6.45, 7) is 1.79. The van der Waals surface area contributed by atoms with Crippen molar-refractivity contribution in [3.63, 3.8) is 0 Å². The van der Waals surface area contributed by atoms with E-state index in [9.17, 15) is 0 Å². The normalized spacial score (nSPS) is 15.8. The molecule has 0 heterocycles. The molecule has 0 unspecified atom stereocenters. The van der Waals surface area contributed by atoms with Gasteiger partial charge in [0, 0.05) is 31.6 Å². The van der Waals surface area contributed by atoms with Gasteiger partial charge in [-0.1, -0.05) is 0 Å². The van der Waals surface area contributed by atoms with Crippen LogP contribution in [0.3, 0.4) is 0 Å². The number of rotatable bonds is 7. The van der Waals surface area contributed by atoms with Gasteiger partial charge in [-0.25, -0.2) is 0 Å². The molecule has 0 aliphatic heterocycles. The molecular weight excluding hydrogens is 238 g/mol. The summed E-state index contributed by atoms with van der Waals surface area (Å²) in [5, 5.41) is 12.2. The topological polar surface area (TPSA) is 71.1 Å². The van der Waals surface area contributed by atoms with Crippen molar-refractivity contribution in [1.82, 2.24) is 0 Å². The fourth-order valence-electron chi connectivity index (χ4n) is 2.25. The monoisotopic (exact) mass is 259 g/mol. The van der Waals surface area contributed by atoms with Crippen LogP contribution in [-0.4, -0.2) is 20.3 Å². The number of ether oxygens (including phenoxy) is 1. The van der Waals surface area contributed by atoms with Crippen molar-refractivity contribution >= 4 is 11.4 Å². The summed E-state index contributed by atoms with van der Waals surface area (Å²) >= 11 is 0. The highest BCUT2D eigenvalue weighted by molar-refractivity contribution is 5.58. The number of nitriles is 1. The van der Waals surface area contributed by atoms with Crippen LogP contribution in [0.2, 0.25) is 0 Å². The van der Waals surface area contributed by atoms with Gasteiger partial charge in [0.1, 0.15) is 0 Å². The molecule has 0 amide bonds. The Balaban J connectivity index is 1.93. The van der Waals surface area contributed by atoms with Gasteiger partial charge in [0.15, 0.2) is 0 Å². The van der Waals surface area contributed by atoms with Crippen LogP contribution in [0.25, 0.3) is 0 Å². The number of hydrogen-bond acceptors (Lipinski definition) is 4. The van der Waals surface area contributed by atoms with E-state index in [1.807, 2.05) is 18.2 Å². The third kappa shape index (κ3) is 3.62. The van der Waals surface area contributed by atoms with Crippen molar-refractivity contribution < 1.29 is 4.74 Å². The van der Waals surface area contributed by atoms with Gasteiger partial charge in [-0.2, -0.15) is 5.26 Å². The predicted octanol–water partition coefficient (Wildman–Crippen LogP) is 2.56. The summed E-state index contributed by atoms with van der Waals surface area (Å²) < 4.78 is 5.16. The van der Waals surface area contributed by atoms with Gasteiger partial charge in [0.05, 0.1) is 12.5 Å². The summed E-state index contributed by atoms with van der Waals surface area (Å²) in [5.41, 5.74) is 8.88. The van der Waals surface area contributed by atoms with E-state index in [2.05, 4.69) is 11.4 Å². The summed E-state index contributed by atoms with van der Waals surface area (Å²) in [7, 11) is 1.75. The Morgan fingerprint density at radius 3 is 2.89 bits per heavy atom. The first-order valence-electron chi connectivity index (χ1n) is 6.67. The Bertz CT molecular complexity index is 475. The predicted molar refractivity (Wildman–Crippen MR) is 76.8 cm³/mol. The molecular formula is C15H21N3O. The second-order valence-corrected chi connectivity index (χ2v) is 5.34. The fraction of sp³-hybridized carbons (Fsp3) is 0.533.